The van der Waals surface area contributed by atoms with Crippen LogP contribution in [0.15, 0.2) is 35.9 Å². The standard InChI is InChI=1S/C25H39N3O3/c1-5-20(2)18-26-13-12-22(21(19-26)10-11-25(29)31-4)27-14-16-28(17-15-27)23-8-6-7-9-24(23)30-3/h5-9,21-22H,10-19H2,1-4H3/t21-,22+/m0/s1. The van der Waals surface area contributed by atoms with Gasteiger partial charge in [-0.2, -0.15) is 0 Å². The van der Waals surface area contributed by atoms with Gasteiger partial charge in [-0.05, 0) is 51.3 Å². The van der Waals surface area contributed by atoms with Crippen LogP contribution in [0.2, 0.25) is 0 Å². The van der Waals surface area contributed by atoms with Crippen molar-refractivity contribution in [1.82, 2.24) is 9.80 Å². The summed E-state index contributed by atoms with van der Waals surface area (Å²) in [6.07, 6.45) is 4.77. The van der Waals surface area contributed by atoms with Gasteiger partial charge in [0.25, 0.3) is 0 Å². The highest BCUT2D eigenvalue weighted by Crippen LogP contribution is 2.31. The van der Waals surface area contributed by atoms with E-state index < -0.39 is 0 Å². The van der Waals surface area contributed by atoms with E-state index in [0.29, 0.717) is 18.4 Å². The van der Waals surface area contributed by atoms with Gasteiger partial charge in [0, 0.05) is 51.7 Å². The Hall–Kier alpha value is -2.05. The Morgan fingerprint density at radius 1 is 1.13 bits per heavy atom. The predicted octanol–water partition coefficient (Wildman–Crippen LogP) is 3.43. The van der Waals surface area contributed by atoms with E-state index in [4.69, 9.17) is 9.47 Å². The van der Waals surface area contributed by atoms with Gasteiger partial charge in [-0.15, -0.1) is 0 Å². The number of hydrogen-bond donors (Lipinski definition) is 0. The Balaban J connectivity index is 1.63. The van der Waals surface area contributed by atoms with E-state index in [1.165, 1.54) is 18.4 Å². The summed E-state index contributed by atoms with van der Waals surface area (Å²) in [5, 5.41) is 0. The SMILES string of the molecule is CC=C(C)CN1CC[C@@H](N2CCN(c3ccccc3OC)CC2)[C@@H](CCC(=O)OC)C1. The lowest BCUT2D eigenvalue weighted by Crippen LogP contribution is -2.57. The van der Waals surface area contributed by atoms with Crippen LogP contribution in [-0.2, 0) is 9.53 Å². The zero-order chi connectivity index (χ0) is 22.2. The molecule has 2 aliphatic heterocycles. The van der Waals surface area contributed by atoms with E-state index in [-0.39, 0.29) is 5.97 Å². The van der Waals surface area contributed by atoms with E-state index in [1.54, 1.807) is 7.11 Å². The van der Waals surface area contributed by atoms with Crippen molar-refractivity contribution in [3.63, 3.8) is 0 Å². The molecular formula is C25H39N3O3. The molecule has 1 aromatic rings. The molecule has 31 heavy (non-hydrogen) atoms. The minimum atomic E-state index is -0.0958. The van der Waals surface area contributed by atoms with E-state index in [9.17, 15) is 4.79 Å². The summed E-state index contributed by atoms with van der Waals surface area (Å²) in [5.74, 6) is 1.34. The molecule has 0 bridgehead atoms. The molecular weight excluding hydrogens is 390 g/mol. The zero-order valence-electron chi connectivity index (χ0n) is 19.7. The third-order valence-corrected chi connectivity index (χ3v) is 6.90. The zero-order valence-corrected chi connectivity index (χ0v) is 19.7. The first-order chi connectivity index (χ1) is 15.0. The quantitative estimate of drug-likeness (QED) is 0.466. The maximum Gasteiger partial charge on any atom is 0.305 e. The number of piperidine rings is 1. The number of para-hydroxylation sites is 2. The number of anilines is 1. The van der Waals surface area contributed by atoms with Crippen molar-refractivity contribution in [3.8, 4) is 5.75 Å². The number of methoxy groups -OCH3 is 2. The van der Waals surface area contributed by atoms with Crippen molar-refractivity contribution in [2.24, 2.45) is 5.92 Å². The molecule has 2 heterocycles. The molecule has 0 unspecified atom stereocenters. The Labute approximate surface area is 187 Å². The molecule has 3 rings (SSSR count). The van der Waals surface area contributed by atoms with Crippen LogP contribution in [0.1, 0.15) is 33.1 Å². The third-order valence-electron chi connectivity index (χ3n) is 6.90. The number of benzene rings is 1. The molecule has 1 aromatic carbocycles. The number of piperazine rings is 1. The van der Waals surface area contributed by atoms with Crippen LogP contribution in [0, 0.1) is 5.92 Å². The first-order valence-electron chi connectivity index (χ1n) is 11.6. The first-order valence-corrected chi connectivity index (χ1v) is 11.6. The third kappa shape index (κ3) is 6.23. The molecule has 0 saturated carbocycles. The van der Waals surface area contributed by atoms with Crippen molar-refractivity contribution in [2.75, 3.05) is 64.9 Å². The molecule has 2 atom stereocenters. The number of rotatable bonds is 8. The number of likely N-dealkylation sites (tertiary alicyclic amines) is 1. The lowest BCUT2D eigenvalue weighted by molar-refractivity contribution is -0.141. The Morgan fingerprint density at radius 3 is 2.55 bits per heavy atom. The summed E-state index contributed by atoms with van der Waals surface area (Å²) in [4.78, 5) is 19.5. The monoisotopic (exact) mass is 429 g/mol. The summed E-state index contributed by atoms with van der Waals surface area (Å²) in [7, 11) is 3.23. The topological polar surface area (TPSA) is 45.2 Å². The predicted molar refractivity (Wildman–Crippen MR) is 126 cm³/mol. The second kappa shape index (κ2) is 11.5. The molecule has 0 amide bonds. The van der Waals surface area contributed by atoms with Gasteiger partial charge in [0.05, 0.1) is 19.9 Å². The molecule has 172 valence electrons. The van der Waals surface area contributed by atoms with Gasteiger partial charge in [-0.1, -0.05) is 23.8 Å². The van der Waals surface area contributed by atoms with Crippen molar-refractivity contribution < 1.29 is 14.3 Å². The van der Waals surface area contributed by atoms with Gasteiger partial charge in [0.2, 0.25) is 0 Å². The smallest absolute Gasteiger partial charge is 0.305 e. The van der Waals surface area contributed by atoms with Gasteiger partial charge in [-0.3, -0.25) is 14.6 Å². The van der Waals surface area contributed by atoms with Crippen LogP contribution in [0.3, 0.4) is 0 Å². The molecule has 2 saturated heterocycles. The van der Waals surface area contributed by atoms with Crippen LogP contribution in [0.4, 0.5) is 5.69 Å². The normalized spacial score (nSPS) is 23.6. The molecule has 0 spiro atoms. The van der Waals surface area contributed by atoms with Gasteiger partial charge >= 0.3 is 5.97 Å². The van der Waals surface area contributed by atoms with E-state index in [0.717, 1.165) is 64.4 Å². The number of esters is 1. The minimum absolute atomic E-state index is 0.0958. The van der Waals surface area contributed by atoms with Crippen LogP contribution in [-0.4, -0.2) is 81.8 Å². The number of nitrogens with zero attached hydrogens (tertiary/aromatic N) is 3. The van der Waals surface area contributed by atoms with Gasteiger partial charge in [0.15, 0.2) is 0 Å². The lowest BCUT2D eigenvalue weighted by atomic mass is 9.86. The molecule has 0 aliphatic carbocycles. The highest BCUT2D eigenvalue weighted by atomic mass is 16.5. The van der Waals surface area contributed by atoms with Crippen LogP contribution in [0.5, 0.6) is 5.75 Å². The molecule has 2 aliphatic rings. The first kappa shape index (κ1) is 23.6. The number of carbonyl (C=O) groups excluding carboxylic acids is 1. The fourth-order valence-corrected chi connectivity index (χ4v) is 5.04. The Morgan fingerprint density at radius 2 is 1.87 bits per heavy atom. The summed E-state index contributed by atoms with van der Waals surface area (Å²) < 4.78 is 10.5. The fourth-order valence-electron chi connectivity index (χ4n) is 5.04. The van der Waals surface area contributed by atoms with E-state index in [1.807, 2.05) is 12.1 Å². The second-order valence-electron chi connectivity index (χ2n) is 8.80. The maximum atomic E-state index is 11.8. The van der Waals surface area contributed by atoms with Crippen LogP contribution >= 0.6 is 0 Å². The molecule has 6 nitrogen and oxygen atoms in total. The molecule has 2 fully saturated rings. The largest absolute Gasteiger partial charge is 0.495 e. The Bertz CT molecular complexity index is 743. The average molecular weight is 430 g/mol. The summed E-state index contributed by atoms with van der Waals surface area (Å²) in [6.45, 7) is 11.6. The molecule has 6 heteroatoms. The minimum Gasteiger partial charge on any atom is -0.495 e. The van der Waals surface area contributed by atoms with Crippen LogP contribution < -0.4 is 9.64 Å². The maximum absolute atomic E-state index is 11.8. The lowest BCUT2D eigenvalue weighted by Gasteiger charge is -2.47. The van der Waals surface area contributed by atoms with Crippen molar-refractivity contribution >= 4 is 11.7 Å². The number of carbonyl (C=O) groups is 1. The van der Waals surface area contributed by atoms with E-state index >= 15 is 0 Å². The van der Waals surface area contributed by atoms with Crippen molar-refractivity contribution in [2.45, 2.75) is 39.2 Å². The molecule has 0 N–H and O–H groups in total. The van der Waals surface area contributed by atoms with Gasteiger partial charge in [0.1, 0.15) is 5.75 Å². The van der Waals surface area contributed by atoms with Gasteiger partial charge < -0.3 is 14.4 Å². The van der Waals surface area contributed by atoms with Crippen molar-refractivity contribution in [1.29, 1.82) is 0 Å². The molecule has 0 radical (unpaired) electrons. The number of ether oxygens (including phenoxy) is 2. The van der Waals surface area contributed by atoms with Crippen molar-refractivity contribution in [3.05, 3.63) is 35.9 Å². The second-order valence-corrected chi connectivity index (χ2v) is 8.80. The molecule has 0 aromatic heterocycles. The number of allylic oxidation sites excluding steroid dienone is 1. The Kier molecular flexibility index (Phi) is 8.79. The summed E-state index contributed by atoms with van der Waals surface area (Å²) in [6, 6.07) is 8.82. The highest BCUT2D eigenvalue weighted by Gasteiger charge is 2.35. The summed E-state index contributed by atoms with van der Waals surface area (Å²) in [5.41, 5.74) is 2.60. The fraction of sp³-hybridized carbons (Fsp3) is 0.640. The van der Waals surface area contributed by atoms with E-state index in [2.05, 4.69) is 46.8 Å². The number of hydrogen-bond acceptors (Lipinski definition) is 6. The van der Waals surface area contributed by atoms with Crippen LogP contribution in [0.25, 0.3) is 0 Å². The summed E-state index contributed by atoms with van der Waals surface area (Å²) >= 11 is 0. The van der Waals surface area contributed by atoms with Gasteiger partial charge in [-0.25, -0.2) is 0 Å². The average Bonchev–Trinajstić information content (AvgIpc) is 2.82. The highest BCUT2D eigenvalue weighted by molar-refractivity contribution is 5.69.